The van der Waals surface area contributed by atoms with Crippen molar-refractivity contribution < 1.29 is 19.1 Å². The molecule has 2 heterocycles. The van der Waals surface area contributed by atoms with Crippen molar-refractivity contribution in [3.63, 3.8) is 0 Å². The summed E-state index contributed by atoms with van der Waals surface area (Å²) in [5.41, 5.74) is 5.29. The summed E-state index contributed by atoms with van der Waals surface area (Å²) >= 11 is 3.13. The van der Waals surface area contributed by atoms with Gasteiger partial charge in [0.2, 0.25) is 0 Å². The van der Waals surface area contributed by atoms with E-state index in [2.05, 4.69) is 10.6 Å². The van der Waals surface area contributed by atoms with Crippen molar-refractivity contribution in [1.82, 2.24) is 5.32 Å². The van der Waals surface area contributed by atoms with Crippen LogP contribution in [0.15, 0.2) is 51.7 Å². The minimum atomic E-state index is -0.458. The Labute approximate surface area is 225 Å². The number of hydrogen-bond donors (Lipinski definition) is 2. The molecule has 0 saturated heterocycles. The molecule has 194 valence electrons. The van der Waals surface area contributed by atoms with Crippen LogP contribution < -0.4 is 10.6 Å². The number of hydrogen-bond acceptors (Lipinski definition) is 7. The summed E-state index contributed by atoms with van der Waals surface area (Å²) in [4.78, 5) is 42.4. The topological polar surface area (TPSA) is 84.5 Å². The molecule has 1 amide bonds. The molecule has 0 spiro atoms. The highest BCUT2D eigenvalue weighted by molar-refractivity contribution is 7.98. The van der Waals surface area contributed by atoms with E-state index in [4.69, 9.17) is 4.74 Å². The molecule has 3 aliphatic rings. The number of rotatable bonds is 6. The molecule has 0 saturated carbocycles. The summed E-state index contributed by atoms with van der Waals surface area (Å²) in [5, 5.41) is 7.01. The number of Topliss-reactive ketones (excluding diaryl/α,β-unsaturated/α-hetero) is 1. The maximum absolute atomic E-state index is 14.0. The zero-order chi connectivity index (χ0) is 26.1. The van der Waals surface area contributed by atoms with Crippen molar-refractivity contribution in [1.29, 1.82) is 0 Å². The molecule has 1 atom stereocenters. The van der Waals surface area contributed by atoms with Crippen molar-refractivity contribution in [2.75, 3.05) is 18.2 Å². The summed E-state index contributed by atoms with van der Waals surface area (Å²) in [5.74, 6) is -1.05. The maximum atomic E-state index is 14.0. The van der Waals surface area contributed by atoms with Crippen molar-refractivity contribution in [3.8, 4) is 0 Å². The van der Waals surface area contributed by atoms with Gasteiger partial charge in [0, 0.05) is 44.7 Å². The van der Waals surface area contributed by atoms with E-state index < -0.39 is 5.92 Å². The van der Waals surface area contributed by atoms with Gasteiger partial charge in [0.15, 0.2) is 5.78 Å². The average Bonchev–Trinajstić information content (AvgIpc) is 3.26. The van der Waals surface area contributed by atoms with Gasteiger partial charge < -0.3 is 15.4 Å². The van der Waals surface area contributed by atoms with Crippen LogP contribution in [-0.2, 0) is 27.2 Å². The first-order valence-electron chi connectivity index (χ1n) is 12.9. The fraction of sp³-hybridized carbons (Fsp3) is 0.414. The minimum Gasteiger partial charge on any atom is -0.462 e. The Morgan fingerprint density at radius 3 is 2.59 bits per heavy atom. The highest BCUT2D eigenvalue weighted by Crippen LogP contribution is 2.44. The number of amides is 1. The van der Waals surface area contributed by atoms with Gasteiger partial charge in [-0.25, -0.2) is 4.79 Å². The summed E-state index contributed by atoms with van der Waals surface area (Å²) in [6.45, 7) is 3.96. The number of thioether (sulfide) groups is 1. The highest BCUT2D eigenvalue weighted by Gasteiger charge is 2.39. The number of ether oxygens (including phenoxy) is 1. The molecule has 1 aromatic heterocycles. The molecule has 6 nitrogen and oxygen atoms in total. The number of carbonyl (C=O) groups excluding carboxylic acids is 3. The molecule has 1 aliphatic heterocycles. The monoisotopic (exact) mass is 536 g/mol. The fourth-order valence-electron chi connectivity index (χ4n) is 5.66. The lowest BCUT2D eigenvalue weighted by Gasteiger charge is -2.34. The van der Waals surface area contributed by atoms with Crippen molar-refractivity contribution in [2.24, 2.45) is 0 Å². The second-order valence-electron chi connectivity index (χ2n) is 9.63. The lowest BCUT2D eigenvalue weighted by atomic mass is 9.75. The van der Waals surface area contributed by atoms with Crippen LogP contribution in [0.5, 0.6) is 0 Å². The number of ketones is 1. The first-order valence-corrected chi connectivity index (χ1v) is 15.0. The number of aryl methyl sites for hydroxylation is 1. The van der Waals surface area contributed by atoms with Gasteiger partial charge in [-0.3, -0.25) is 9.59 Å². The quantitative estimate of drug-likeness (QED) is 0.341. The van der Waals surface area contributed by atoms with E-state index in [-0.39, 0.29) is 24.3 Å². The molecule has 0 fully saturated rings. The maximum Gasteiger partial charge on any atom is 0.341 e. The predicted octanol–water partition coefficient (Wildman–Crippen LogP) is 6.13. The Balaban J connectivity index is 1.56. The second-order valence-corrected chi connectivity index (χ2v) is 11.6. The second kappa shape index (κ2) is 10.9. The lowest BCUT2D eigenvalue weighted by Crippen LogP contribution is -2.35. The molecule has 5 rings (SSSR count). The highest BCUT2D eigenvalue weighted by atomic mass is 32.2. The third kappa shape index (κ3) is 4.89. The van der Waals surface area contributed by atoms with Gasteiger partial charge in [-0.2, -0.15) is 0 Å². The Morgan fingerprint density at radius 2 is 1.86 bits per heavy atom. The molecule has 0 bridgehead atoms. The van der Waals surface area contributed by atoms with Crippen molar-refractivity contribution >= 4 is 45.8 Å². The molecule has 1 aromatic carbocycles. The smallest absolute Gasteiger partial charge is 0.341 e. The predicted molar refractivity (Wildman–Crippen MR) is 148 cm³/mol. The number of benzene rings is 1. The molecular formula is C29H32N2O4S2. The Morgan fingerprint density at radius 1 is 1.11 bits per heavy atom. The SMILES string of the molecule is CCOC(=O)c1c(NC(=O)C2=C(C)NC3=C(C(=O)CCC3)C2c2ccc(SC)cc2)sc2c1CCCC2. The molecule has 2 aromatic rings. The van der Waals surface area contributed by atoms with Crippen LogP contribution in [0.25, 0.3) is 0 Å². The zero-order valence-corrected chi connectivity index (χ0v) is 23.1. The Hall–Kier alpha value is -2.84. The van der Waals surface area contributed by atoms with Gasteiger partial charge in [0.05, 0.1) is 12.2 Å². The molecular weight excluding hydrogens is 504 g/mol. The van der Waals surface area contributed by atoms with E-state index in [0.29, 0.717) is 28.1 Å². The van der Waals surface area contributed by atoms with Gasteiger partial charge in [-0.1, -0.05) is 12.1 Å². The summed E-state index contributed by atoms with van der Waals surface area (Å²) in [6.07, 6.45) is 7.91. The number of thiophene rings is 1. The van der Waals surface area contributed by atoms with Crippen LogP contribution in [0.1, 0.15) is 78.2 Å². The van der Waals surface area contributed by atoms with E-state index in [1.54, 1.807) is 18.7 Å². The zero-order valence-electron chi connectivity index (χ0n) is 21.5. The molecule has 2 aliphatic carbocycles. The van der Waals surface area contributed by atoms with E-state index in [0.717, 1.165) is 70.8 Å². The van der Waals surface area contributed by atoms with Gasteiger partial charge in [-0.15, -0.1) is 23.1 Å². The third-order valence-corrected chi connectivity index (χ3v) is 9.30. The Kier molecular flexibility index (Phi) is 7.58. The normalized spacial score (nSPS) is 19.2. The lowest BCUT2D eigenvalue weighted by molar-refractivity contribution is -0.116. The third-order valence-electron chi connectivity index (χ3n) is 7.35. The molecule has 0 radical (unpaired) electrons. The minimum absolute atomic E-state index is 0.0873. The number of fused-ring (bicyclic) bond motifs is 1. The largest absolute Gasteiger partial charge is 0.462 e. The van der Waals surface area contributed by atoms with Gasteiger partial charge in [0.25, 0.3) is 5.91 Å². The number of allylic oxidation sites excluding steroid dienone is 3. The van der Waals surface area contributed by atoms with E-state index in [9.17, 15) is 14.4 Å². The van der Waals surface area contributed by atoms with Crippen molar-refractivity contribution in [2.45, 2.75) is 69.6 Å². The van der Waals surface area contributed by atoms with Gasteiger partial charge in [-0.05, 0) is 81.9 Å². The van der Waals surface area contributed by atoms with Crippen LogP contribution >= 0.6 is 23.1 Å². The van der Waals surface area contributed by atoms with Gasteiger partial charge in [0.1, 0.15) is 5.00 Å². The van der Waals surface area contributed by atoms with Crippen molar-refractivity contribution in [3.05, 3.63) is 68.4 Å². The van der Waals surface area contributed by atoms with E-state index >= 15 is 0 Å². The first-order chi connectivity index (χ1) is 17.9. The fourth-order valence-corrected chi connectivity index (χ4v) is 7.34. The molecule has 2 N–H and O–H groups in total. The first kappa shape index (κ1) is 25.8. The molecule has 1 unspecified atom stereocenters. The number of carbonyl (C=O) groups is 3. The standard InChI is InChI=1S/C29H32N2O4S2/c1-4-35-29(34)25-19-8-5-6-11-22(19)37-28(25)31-27(33)23-16(2)30-20-9-7-10-21(32)26(20)24(23)17-12-14-18(36-3)15-13-17/h12-15,24,30H,4-11H2,1-3H3,(H,31,33). The molecule has 37 heavy (non-hydrogen) atoms. The number of nitrogens with one attached hydrogen (secondary N) is 2. The van der Waals surface area contributed by atoms with Crippen LogP contribution in [0.2, 0.25) is 0 Å². The van der Waals surface area contributed by atoms with Crippen LogP contribution in [-0.4, -0.2) is 30.5 Å². The van der Waals surface area contributed by atoms with Gasteiger partial charge >= 0.3 is 5.97 Å². The van der Waals surface area contributed by atoms with Crippen LogP contribution in [0.3, 0.4) is 0 Å². The summed E-state index contributed by atoms with van der Waals surface area (Å²) in [7, 11) is 0. The number of dihydropyridines is 1. The summed E-state index contributed by atoms with van der Waals surface area (Å²) in [6, 6.07) is 8.10. The van der Waals surface area contributed by atoms with E-state index in [1.165, 1.54) is 11.3 Å². The van der Waals surface area contributed by atoms with E-state index in [1.807, 2.05) is 37.4 Å². The average molecular weight is 537 g/mol. The van der Waals surface area contributed by atoms with Crippen LogP contribution in [0.4, 0.5) is 5.00 Å². The number of anilines is 1. The summed E-state index contributed by atoms with van der Waals surface area (Å²) < 4.78 is 5.38. The van der Waals surface area contributed by atoms with Crippen LogP contribution in [0, 0.1) is 0 Å². The number of esters is 1. The Bertz CT molecular complexity index is 1320. The molecule has 8 heteroatoms.